The van der Waals surface area contributed by atoms with Crippen molar-refractivity contribution in [3.8, 4) is 67.8 Å². The smallest absolute Gasteiger partial charge is 0.164 e. The fourth-order valence-electron chi connectivity index (χ4n) is 10.3. The molecule has 0 spiro atoms. The van der Waals surface area contributed by atoms with Crippen LogP contribution in [0.3, 0.4) is 0 Å². The van der Waals surface area contributed by atoms with E-state index in [4.69, 9.17) is 15.0 Å². The van der Waals surface area contributed by atoms with Crippen LogP contribution in [0.4, 0.5) is 0 Å². The fraction of sp³-hybridized carbons (Fsp3) is 0. The van der Waals surface area contributed by atoms with Crippen LogP contribution in [0.25, 0.3) is 132 Å². The molecule has 14 aromatic rings. The molecule has 0 aliphatic heterocycles. The maximum atomic E-state index is 5.20. The van der Waals surface area contributed by atoms with Crippen LogP contribution in [0.5, 0.6) is 0 Å². The molecule has 10 aromatic carbocycles. The zero-order valence-electron chi connectivity index (χ0n) is 37.2. The molecule has 0 atom stereocenters. The van der Waals surface area contributed by atoms with Crippen LogP contribution >= 0.6 is 11.3 Å². The van der Waals surface area contributed by atoms with Gasteiger partial charge in [-0.2, -0.15) is 0 Å². The lowest BCUT2D eigenvalue weighted by Crippen LogP contribution is -2.01. The second-order valence-corrected chi connectivity index (χ2v) is 18.6. The van der Waals surface area contributed by atoms with Gasteiger partial charge in [-0.1, -0.05) is 200 Å². The van der Waals surface area contributed by atoms with Crippen LogP contribution in [0.2, 0.25) is 0 Å². The van der Waals surface area contributed by atoms with E-state index in [1.54, 1.807) is 0 Å². The van der Waals surface area contributed by atoms with Crippen LogP contribution in [-0.2, 0) is 0 Å². The second kappa shape index (κ2) is 15.8. The van der Waals surface area contributed by atoms with Crippen molar-refractivity contribution >= 4 is 75.1 Å². The Labute approximate surface area is 401 Å². The first-order valence-electron chi connectivity index (χ1n) is 23.3. The molecular weight excluding hydrogens is 859 g/mol. The molecule has 0 unspecified atom stereocenters. The van der Waals surface area contributed by atoms with Gasteiger partial charge in [0.1, 0.15) is 0 Å². The SMILES string of the molecule is c1ccc(-c2ccc(-c3nc(-c4ccccc4)nc(-c4cccc(-n5c6ccccc6c6ccc7c8ccc9c%10ccccc%10n(-c%10ccc(-c%11ccccc%11)cc%10)c9c8sc7c65)c4)n3)cc2)cc1. The molecule has 4 heterocycles. The van der Waals surface area contributed by atoms with Crippen LogP contribution < -0.4 is 0 Å². The summed E-state index contributed by atoms with van der Waals surface area (Å²) in [7, 11) is 0. The normalized spacial score (nSPS) is 11.8. The van der Waals surface area contributed by atoms with Crippen LogP contribution in [0, 0.1) is 0 Å². The van der Waals surface area contributed by atoms with Crippen LogP contribution in [0.15, 0.2) is 237 Å². The predicted molar refractivity (Wildman–Crippen MR) is 289 cm³/mol. The number of aromatic nitrogens is 5. The Hall–Kier alpha value is -8.97. The van der Waals surface area contributed by atoms with E-state index in [-0.39, 0.29) is 0 Å². The first-order chi connectivity index (χ1) is 34.2. The number of hydrogen-bond acceptors (Lipinski definition) is 4. The Morgan fingerprint density at radius 2 is 0.638 bits per heavy atom. The van der Waals surface area contributed by atoms with Gasteiger partial charge in [0.05, 0.1) is 31.5 Å². The predicted octanol–water partition coefficient (Wildman–Crippen LogP) is 16.8. The van der Waals surface area contributed by atoms with Gasteiger partial charge in [0.15, 0.2) is 17.5 Å². The summed E-state index contributed by atoms with van der Waals surface area (Å²) < 4.78 is 7.44. The molecule has 0 amide bonds. The number of rotatable bonds is 7. The van der Waals surface area contributed by atoms with Crippen molar-refractivity contribution in [1.29, 1.82) is 0 Å². The highest BCUT2D eigenvalue weighted by Crippen LogP contribution is 2.47. The van der Waals surface area contributed by atoms with Gasteiger partial charge < -0.3 is 9.13 Å². The summed E-state index contributed by atoms with van der Waals surface area (Å²) in [6, 6.07) is 84.3. The number of nitrogens with zero attached hydrogens (tertiary/aromatic N) is 5. The van der Waals surface area contributed by atoms with Gasteiger partial charge in [0.25, 0.3) is 0 Å². The highest BCUT2D eigenvalue weighted by atomic mass is 32.1. The van der Waals surface area contributed by atoms with Crippen molar-refractivity contribution in [2.45, 2.75) is 0 Å². The van der Waals surface area contributed by atoms with Gasteiger partial charge in [-0.05, 0) is 58.7 Å². The molecule has 322 valence electrons. The lowest BCUT2D eigenvalue weighted by molar-refractivity contribution is 1.07. The fourth-order valence-corrected chi connectivity index (χ4v) is 11.7. The van der Waals surface area contributed by atoms with Crippen molar-refractivity contribution in [1.82, 2.24) is 24.1 Å². The summed E-state index contributed by atoms with van der Waals surface area (Å²) in [6.45, 7) is 0. The van der Waals surface area contributed by atoms with Crippen molar-refractivity contribution in [2.24, 2.45) is 0 Å². The molecule has 0 fully saturated rings. The topological polar surface area (TPSA) is 48.5 Å². The third-order valence-corrected chi connectivity index (χ3v) is 14.8. The van der Waals surface area contributed by atoms with E-state index < -0.39 is 0 Å². The molecule has 0 aliphatic carbocycles. The first kappa shape index (κ1) is 39.2. The zero-order valence-corrected chi connectivity index (χ0v) is 38.0. The van der Waals surface area contributed by atoms with Gasteiger partial charge in [0, 0.05) is 60.4 Å². The third-order valence-electron chi connectivity index (χ3n) is 13.6. The highest BCUT2D eigenvalue weighted by Gasteiger charge is 2.22. The number of thiophene rings is 1. The molecule has 5 nitrogen and oxygen atoms in total. The van der Waals surface area contributed by atoms with E-state index in [0.29, 0.717) is 17.5 Å². The quantitative estimate of drug-likeness (QED) is 0.160. The Morgan fingerprint density at radius 1 is 0.261 bits per heavy atom. The summed E-state index contributed by atoms with van der Waals surface area (Å²) in [5.74, 6) is 1.88. The summed E-state index contributed by atoms with van der Waals surface area (Å²) in [6.07, 6.45) is 0. The van der Waals surface area contributed by atoms with Crippen molar-refractivity contribution in [2.75, 3.05) is 0 Å². The molecular formula is C63H39N5S. The third kappa shape index (κ3) is 6.41. The van der Waals surface area contributed by atoms with E-state index in [2.05, 4.69) is 221 Å². The minimum atomic E-state index is 0.618. The van der Waals surface area contributed by atoms with Crippen molar-refractivity contribution in [3.63, 3.8) is 0 Å². The minimum absolute atomic E-state index is 0.618. The Morgan fingerprint density at radius 3 is 1.17 bits per heavy atom. The Balaban J connectivity index is 0.962. The molecule has 0 saturated carbocycles. The average Bonchev–Trinajstić information content (AvgIpc) is 4.10. The molecule has 0 saturated heterocycles. The number of benzene rings is 10. The maximum absolute atomic E-state index is 5.20. The summed E-state index contributed by atoms with van der Waals surface area (Å²) in [5, 5.41) is 7.42. The monoisotopic (exact) mass is 897 g/mol. The van der Waals surface area contributed by atoms with E-state index in [1.165, 1.54) is 75.0 Å². The summed E-state index contributed by atoms with van der Waals surface area (Å²) in [5.41, 5.74) is 14.4. The average molecular weight is 898 g/mol. The zero-order chi connectivity index (χ0) is 45.4. The van der Waals surface area contributed by atoms with E-state index in [1.807, 2.05) is 35.6 Å². The minimum Gasteiger partial charge on any atom is -0.308 e. The largest absolute Gasteiger partial charge is 0.308 e. The standard InChI is InChI=1S/C63H39N5S/c1-4-15-40(16-5-1)42-27-29-45(30-28-42)62-64-61(44-19-8-3-9-20-44)65-63(66-62)46-21-14-22-48(39-46)68-56-26-13-11-24-50(56)52-36-38-54-53-37-35-51-49-23-10-12-25-55(49)67(57(51)59(53)69-60(54)58(52)68)47-33-31-43(32-34-47)41-17-6-2-7-18-41/h1-39H. The Bertz CT molecular complexity index is 4270. The van der Waals surface area contributed by atoms with Gasteiger partial charge >= 0.3 is 0 Å². The molecule has 4 aromatic heterocycles. The lowest BCUT2D eigenvalue weighted by atomic mass is 10.0. The first-order valence-corrected chi connectivity index (χ1v) is 24.1. The second-order valence-electron chi connectivity index (χ2n) is 17.6. The molecule has 6 heteroatoms. The molecule has 14 rings (SSSR count). The number of para-hydroxylation sites is 2. The number of fused-ring (bicyclic) bond motifs is 11. The lowest BCUT2D eigenvalue weighted by Gasteiger charge is -2.12. The molecule has 0 aliphatic rings. The number of hydrogen-bond donors (Lipinski definition) is 0. The van der Waals surface area contributed by atoms with Crippen molar-refractivity contribution < 1.29 is 0 Å². The highest BCUT2D eigenvalue weighted by molar-refractivity contribution is 7.27. The maximum Gasteiger partial charge on any atom is 0.164 e. The molecule has 0 N–H and O–H groups in total. The van der Waals surface area contributed by atoms with Gasteiger partial charge in [0.2, 0.25) is 0 Å². The molecule has 0 radical (unpaired) electrons. The molecule has 0 bridgehead atoms. The van der Waals surface area contributed by atoms with Gasteiger partial charge in [-0.15, -0.1) is 11.3 Å². The van der Waals surface area contributed by atoms with E-state index in [0.717, 1.165) is 39.1 Å². The van der Waals surface area contributed by atoms with Gasteiger partial charge in [-0.3, -0.25) is 0 Å². The summed E-state index contributed by atoms with van der Waals surface area (Å²) in [4.78, 5) is 15.4. The van der Waals surface area contributed by atoms with Crippen LogP contribution in [-0.4, -0.2) is 24.1 Å². The van der Waals surface area contributed by atoms with Crippen LogP contribution in [0.1, 0.15) is 0 Å². The summed E-state index contributed by atoms with van der Waals surface area (Å²) >= 11 is 1.89. The molecule has 69 heavy (non-hydrogen) atoms. The van der Waals surface area contributed by atoms with E-state index >= 15 is 0 Å². The van der Waals surface area contributed by atoms with E-state index in [9.17, 15) is 0 Å². The Kier molecular flexibility index (Phi) is 9.00. The van der Waals surface area contributed by atoms with Crippen molar-refractivity contribution in [3.05, 3.63) is 237 Å². The van der Waals surface area contributed by atoms with Gasteiger partial charge in [-0.25, -0.2) is 15.0 Å².